The average molecular weight is 765 g/mol. The highest BCUT2D eigenvalue weighted by Crippen LogP contribution is 2.59. The molecular formula is C45H76O4Si3. The molecular weight excluding hydrogens is 689 g/mol. The van der Waals surface area contributed by atoms with Crippen LogP contribution in [-0.4, -0.2) is 37.2 Å². The van der Waals surface area contributed by atoms with E-state index in [2.05, 4.69) is 139 Å². The largest absolute Gasteiger partial charge is 0.450 e. The monoisotopic (exact) mass is 765 g/mol. The molecule has 0 unspecified atom stereocenters. The van der Waals surface area contributed by atoms with Crippen LogP contribution >= 0.6 is 0 Å². The van der Waals surface area contributed by atoms with E-state index >= 15 is 0 Å². The molecule has 0 amide bonds. The summed E-state index contributed by atoms with van der Waals surface area (Å²) in [5, 5.41) is 0.301. The molecule has 0 bridgehead atoms. The molecule has 6 atom stereocenters. The predicted octanol–water partition coefficient (Wildman–Crippen LogP) is 13.6. The maximum Gasteiger partial charge on any atom is 0.192 e. The molecule has 0 N–H and O–H groups in total. The average Bonchev–Trinajstić information content (AvgIpc) is 3.59. The van der Waals surface area contributed by atoms with Gasteiger partial charge in [0.1, 0.15) is 11.4 Å². The van der Waals surface area contributed by atoms with Crippen molar-refractivity contribution in [3.8, 4) is 11.8 Å². The fourth-order valence-corrected chi connectivity index (χ4v) is 13.0. The molecule has 0 aromatic carbocycles. The summed E-state index contributed by atoms with van der Waals surface area (Å²) in [6.07, 6.45) is 13.0. The minimum atomic E-state index is -2.00. The summed E-state index contributed by atoms with van der Waals surface area (Å²) in [4.78, 5) is 0. The van der Waals surface area contributed by atoms with Gasteiger partial charge in [0.2, 0.25) is 0 Å². The van der Waals surface area contributed by atoms with E-state index in [-0.39, 0.29) is 27.7 Å². The standard InChI is InChI=1S/C45H76O4Si3/c1-32(21-24-36-25-28-41(46-36)44(9,10)49-50(12,13)14)38-26-27-39-34(20-19-29-45(38,39)11)22-23-35-30-37(47-51(15,16)42(3,4)5)31-40(33(35)2)48-52(17,18)43(6,7)8/h22-23,25,28,32,37-40H,2,19-20,26-27,29-31H2,1,3-18H3/b34-22+,35-23-/t32-,37-,38-,39+,40+,45-/m1/s1. The minimum Gasteiger partial charge on any atom is -0.450 e. The van der Waals surface area contributed by atoms with Crippen LogP contribution in [0.1, 0.15) is 126 Å². The first kappa shape index (κ1) is 43.3. The third kappa shape index (κ3) is 9.87. The van der Waals surface area contributed by atoms with Crippen molar-refractivity contribution in [3.63, 3.8) is 0 Å². The molecule has 3 aliphatic carbocycles. The van der Waals surface area contributed by atoms with Crippen molar-refractivity contribution in [2.24, 2.45) is 23.2 Å². The Labute approximate surface area is 323 Å². The zero-order chi connectivity index (χ0) is 39.3. The van der Waals surface area contributed by atoms with E-state index in [1.807, 2.05) is 12.1 Å². The van der Waals surface area contributed by atoms with Gasteiger partial charge in [-0.15, -0.1) is 0 Å². The molecule has 1 aromatic rings. The first-order valence-corrected chi connectivity index (χ1v) is 29.6. The Hall–Kier alpha value is -1.41. The highest BCUT2D eigenvalue weighted by atomic mass is 28.4. The van der Waals surface area contributed by atoms with E-state index in [9.17, 15) is 0 Å². The Bertz CT molecular complexity index is 1560. The Morgan fingerprint density at radius 2 is 1.52 bits per heavy atom. The van der Waals surface area contributed by atoms with Crippen LogP contribution in [0, 0.1) is 35.0 Å². The smallest absolute Gasteiger partial charge is 0.192 e. The second kappa shape index (κ2) is 15.3. The Morgan fingerprint density at radius 1 is 0.904 bits per heavy atom. The van der Waals surface area contributed by atoms with Crippen LogP contribution in [0.15, 0.2) is 52.0 Å². The van der Waals surface area contributed by atoms with Crippen LogP contribution in [-0.2, 0) is 18.9 Å². The Morgan fingerprint density at radius 3 is 2.12 bits per heavy atom. The highest BCUT2D eigenvalue weighted by Gasteiger charge is 2.51. The maximum atomic E-state index is 7.11. The summed E-state index contributed by atoms with van der Waals surface area (Å²) < 4.78 is 26.9. The van der Waals surface area contributed by atoms with Crippen LogP contribution in [0.25, 0.3) is 0 Å². The number of furan rings is 1. The lowest BCUT2D eigenvalue weighted by molar-refractivity contribution is 0.0740. The molecule has 0 aliphatic heterocycles. The molecule has 1 heterocycles. The van der Waals surface area contributed by atoms with Crippen LogP contribution in [0.3, 0.4) is 0 Å². The van der Waals surface area contributed by atoms with Crippen molar-refractivity contribution in [2.75, 3.05) is 0 Å². The number of hydrogen-bond acceptors (Lipinski definition) is 4. The van der Waals surface area contributed by atoms with Gasteiger partial charge in [-0.2, -0.15) is 0 Å². The summed E-state index contributed by atoms with van der Waals surface area (Å²) in [6.45, 7) is 43.9. The number of hydrogen-bond donors (Lipinski definition) is 0. The molecule has 292 valence electrons. The fourth-order valence-electron chi connectivity index (χ4n) is 8.70. The van der Waals surface area contributed by atoms with Gasteiger partial charge in [0.25, 0.3) is 0 Å². The molecule has 3 aliphatic rings. The predicted molar refractivity (Wildman–Crippen MR) is 229 cm³/mol. The summed E-state index contributed by atoms with van der Waals surface area (Å²) in [5.74, 6) is 10.1. The lowest BCUT2D eigenvalue weighted by Crippen LogP contribution is -2.49. The van der Waals surface area contributed by atoms with Gasteiger partial charge in [-0.3, -0.25) is 0 Å². The lowest BCUT2D eigenvalue weighted by Gasteiger charge is -2.45. The summed E-state index contributed by atoms with van der Waals surface area (Å²) in [7, 11) is -5.68. The van der Waals surface area contributed by atoms with E-state index in [1.54, 1.807) is 5.57 Å². The number of allylic oxidation sites excluding steroid dienone is 3. The van der Waals surface area contributed by atoms with E-state index in [0.29, 0.717) is 17.8 Å². The van der Waals surface area contributed by atoms with E-state index < -0.39 is 30.6 Å². The lowest BCUT2D eigenvalue weighted by atomic mass is 9.61. The summed E-state index contributed by atoms with van der Waals surface area (Å²) >= 11 is 0. The van der Waals surface area contributed by atoms with Crippen LogP contribution in [0.2, 0.25) is 55.9 Å². The molecule has 4 rings (SSSR count). The van der Waals surface area contributed by atoms with Crippen molar-refractivity contribution < 1.29 is 17.7 Å². The fraction of sp³-hybridized carbons (Fsp3) is 0.733. The van der Waals surface area contributed by atoms with Gasteiger partial charge in [0.05, 0.1) is 12.2 Å². The quantitative estimate of drug-likeness (QED) is 0.185. The maximum absolute atomic E-state index is 7.11. The van der Waals surface area contributed by atoms with E-state index in [4.69, 9.17) is 24.3 Å². The second-order valence-electron chi connectivity index (χ2n) is 21.3. The topological polar surface area (TPSA) is 40.8 Å². The third-order valence-corrected chi connectivity index (χ3v) is 23.7. The Kier molecular flexibility index (Phi) is 12.7. The first-order chi connectivity index (χ1) is 23.6. The zero-order valence-corrected chi connectivity index (χ0v) is 39.5. The van der Waals surface area contributed by atoms with Crippen molar-refractivity contribution in [3.05, 3.63) is 59.1 Å². The Balaban J connectivity index is 1.56. The minimum absolute atomic E-state index is 0.00477. The molecule has 7 heteroatoms. The third-order valence-electron chi connectivity index (χ3n) is 13.6. The molecule has 4 nitrogen and oxygen atoms in total. The summed E-state index contributed by atoms with van der Waals surface area (Å²) in [6, 6.07) is 4.06. The van der Waals surface area contributed by atoms with Crippen molar-refractivity contribution in [1.82, 2.24) is 0 Å². The second-order valence-corrected chi connectivity index (χ2v) is 35.2. The SMILES string of the molecule is C=C1/C(=C\C=C2/CCC[C@]3(C)[C@@H]([C@H](C)C#Cc4ccc(C(C)(C)O[Si](C)(C)C)o4)CC[C@@H]23)C[C@@H](O[Si](C)(C)C(C)(C)C)C[C@@H]1O[Si](C)(C)C(C)(C)C. The van der Waals surface area contributed by atoms with Crippen LogP contribution in [0.5, 0.6) is 0 Å². The van der Waals surface area contributed by atoms with Crippen LogP contribution in [0.4, 0.5) is 0 Å². The number of rotatable bonds is 9. The van der Waals surface area contributed by atoms with Gasteiger partial charge in [-0.25, -0.2) is 0 Å². The van der Waals surface area contributed by atoms with Crippen molar-refractivity contribution in [2.45, 2.75) is 188 Å². The van der Waals surface area contributed by atoms with E-state index in [1.165, 1.54) is 43.3 Å². The molecule has 0 saturated heterocycles. The van der Waals surface area contributed by atoms with Crippen molar-refractivity contribution in [1.29, 1.82) is 0 Å². The molecule has 52 heavy (non-hydrogen) atoms. The van der Waals surface area contributed by atoms with Gasteiger partial charge in [-0.1, -0.05) is 85.6 Å². The van der Waals surface area contributed by atoms with Gasteiger partial charge in [0.15, 0.2) is 30.7 Å². The van der Waals surface area contributed by atoms with E-state index in [0.717, 1.165) is 24.4 Å². The first-order valence-electron chi connectivity index (χ1n) is 20.3. The molecule has 0 radical (unpaired) electrons. The molecule has 1 aromatic heterocycles. The zero-order valence-electron chi connectivity index (χ0n) is 36.5. The van der Waals surface area contributed by atoms with Gasteiger partial charge in [0, 0.05) is 12.3 Å². The molecule has 3 saturated carbocycles. The van der Waals surface area contributed by atoms with Gasteiger partial charge >= 0.3 is 0 Å². The normalized spacial score (nSPS) is 28.9. The van der Waals surface area contributed by atoms with Gasteiger partial charge < -0.3 is 17.7 Å². The highest BCUT2D eigenvalue weighted by molar-refractivity contribution is 6.74. The van der Waals surface area contributed by atoms with Crippen molar-refractivity contribution >= 4 is 25.0 Å². The van der Waals surface area contributed by atoms with Gasteiger partial charge in [-0.05, 0) is 155 Å². The molecule has 3 fully saturated rings. The summed E-state index contributed by atoms with van der Waals surface area (Å²) in [5.41, 5.74) is 3.91. The number of fused-ring (bicyclic) bond motifs is 1. The van der Waals surface area contributed by atoms with Crippen LogP contribution < -0.4 is 0 Å². The molecule has 0 spiro atoms.